The van der Waals surface area contributed by atoms with E-state index < -0.39 is 34.1 Å². The van der Waals surface area contributed by atoms with Crippen molar-refractivity contribution in [2.75, 3.05) is 11.9 Å². The van der Waals surface area contributed by atoms with E-state index in [1.165, 1.54) is 54.6 Å². The van der Waals surface area contributed by atoms with Gasteiger partial charge in [-0.15, -0.1) is 0 Å². The average molecular weight is 462 g/mol. The molecule has 0 radical (unpaired) electrons. The van der Waals surface area contributed by atoms with E-state index in [2.05, 4.69) is 10.4 Å². The Bertz CT molecular complexity index is 1330. The number of carbonyl (C=O) groups is 1. The van der Waals surface area contributed by atoms with E-state index in [0.717, 1.165) is 6.07 Å². The molecule has 3 aromatic carbocycles. The van der Waals surface area contributed by atoms with Crippen LogP contribution in [0.1, 0.15) is 11.1 Å². The molecule has 1 amide bonds. The first kappa shape index (κ1) is 21.0. The number of sulfonamides is 1. The number of anilines is 1. The topological polar surface area (TPSA) is 78.8 Å². The molecule has 0 unspecified atom stereocenters. The highest BCUT2D eigenvalue weighted by atomic mass is 35.5. The second-order valence-corrected chi connectivity index (χ2v) is 8.86. The molecule has 1 aliphatic heterocycles. The van der Waals surface area contributed by atoms with Gasteiger partial charge in [-0.1, -0.05) is 29.8 Å². The predicted octanol–water partition coefficient (Wildman–Crippen LogP) is 4.01. The molecule has 0 atom stereocenters. The second-order valence-electron chi connectivity index (χ2n) is 6.61. The average Bonchev–Trinajstić information content (AvgIpc) is 2.70. The predicted molar refractivity (Wildman–Crippen MR) is 112 cm³/mol. The third-order valence-electron chi connectivity index (χ3n) is 4.48. The lowest BCUT2D eigenvalue weighted by molar-refractivity contribution is -0.116. The normalized spacial score (nSPS) is 14.5. The van der Waals surface area contributed by atoms with E-state index >= 15 is 0 Å². The van der Waals surface area contributed by atoms with Crippen LogP contribution in [0.3, 0.4) is 0 Å². The minimum Gasteiger partial charge on any atom is -0.324 e. The number of carbonyl (C=O) groups excluding carboxylic acids is 1. The van der Waals surface area contributed by atoms with Gasteiger partial charge in [0.2, 0.25) is 5.91 Å². The summed E-state index contributed by atoms with van der Waals surface area (Å²) in [6.07, 6.45) is 0. The monoisotopic (exact) mass is 461 g/mol. The lowest BCUT2D eigenvalue weighted by Crippen LogP contribution is -2.38. The number of benzene rings is 3. The SMILES string of the molecule is O=C(CN1N=C(c2ccccc2F)c2cc(Cl)ccc2S1(=O)=O)Nc1cccc(F)c1. The molecule has 10 heteroatoms. The molecule has 1 heterocycles. The van der Waals surface area contributed by atoms with Crippen molar-refractivity contribution < 1.29 is 22.0 Å². The van der Waals surface area contributed by atoms with Crippen LogP contribution < -0.4 is 5.32 Å². The van der Waals surface area contributed by atoms with Gasteiger partial charge < -0.3 is 5.32 Å². The van der Waals surface area contributed by atoms with Crippen molar-refractivity contribution >= 4 is 38.9 Å². The second kappa shape index (κ2) is 8.09. The van der Waals surface area contributed by atoms with E-state index in [9.17, 15) is 22.0 Å². The summed E-state index contributed by atoms with van der Waals surface area (Å²) >= 11 is 6.03. The first-order valence-corrected chi connectivity index (χ1v) is 10.8. The fourth-order valence-electron chi connectivity index (χ4n) is 3.11. The summed E-state index contributed by atoms with van der Waals surface area (Å²) in [4.78, 5) is 12.3. The summed E-state index contributed by atoms with van der Waals surface area (Å²) in [6, 6.07) is 14.9. The number of amides is 1. The maximum absolute atomic E-state index is 14.5. The van der Waals surface area contributed by atoms with Crippen LogP contribution in [-0.2, 0) is 14.8 Å². The van der Waals surface area contributed by atoms with Crippen LogP contribution in [0.4, 0.5) is 14.5 Å². The van der Waals surface area contributed by atoms with Gasteiger partial charge in [0, 0.05) is 21.8 Å². The molecule has 0 spiro atoms. The van der Waals surface area contributed by atoms with Gasteiger partial charge in [-0.05, 0) is 48.5 Å². The van der Waals surface area contributed by atoms with Gasteiger partial charge in [0.25, 0.3) is 10.0 Å². The standard InChI is InChI=1S/C21H14ClF2N3O3S/c22-13-8-9-19-17(10-13)21(16-6-1-2-7-18(16)24)26-27(31(19,29)30)12-20(28)25-15-5-3-4-14(23)11-15/h1-11H,12H2,(H,25,28). The highest BCUT2D eigenvalue weighted by Gasteiger charge is 2.35. The fourth-order valence-corrected chi connectivity index (χ4v) is 4.66. The Labute approximate surface area is 181 Å². The number of hydrogen-bond donors (Lipinski definition) is 1. The van der Waals surface area contributed by atoms with E-state index in [0.29, 0.717) is 4.41 Å². The van der Waals surface area contributed by atoms with E-state index in [4.69, 9.17) is 11.6 Å². The Morgan fingerprint density at radius 2 is 1.77 bits per heavy atom. The number of hydrogen-bond acceptors (Lipinski definition) is 4. The van der Waals surface area contributed by atoms with Gasteiger partial charge in [-0.25, -0.2) is 8.78 Å². The lowest BCUT2D eigenvalue weighted by Gasteiger charge is -2.27. The summed E-state index contributed by atoms with van der Waals surface area (Å²) in [5.74, 6) is -1.92. The maximum Gasteiger partial charge on any atom is 0.280 e. The molecular formula is C21H14ClF2N3O3S. The Morgan fingerprint density at radius 1 is 1.00 bits per heavy atom. The molecule has 158 valence electrons. The van der Waals surface area contributed by atoms with Crippen molar-refractivity contribution in [3.05, 3.63) is 94.5 Å². The van der Waals surface area contributed by atoms with Crippen molar-refractivity contribution in [1.82, 2.24) is 4.41 Å². The molecule has 0 saturated carbocycles. The van der Waals surface area contributed by atoms with Crippen LogP contribution in [0.25, 0.3) is 0 Å². The first-order valence-electron chi connectivity index (χ1n) is 8.97. The minimum atomic E-state index is -4.22. The number of halogens is 3. The van der Waals surface area contributed by atoms with E-state index in [1.54, 1.807) is 6.07 Å². The minimum absolute atomic E-state index is 0.0176. The molecule has 1 aliphatic rings. The number of nitrogens with one attached hydrogen (secondary N) is 1. The molecule has 31 heavy (non-hydrogen) atoms. The zero-order valence-corrected chi connectivity index (χ0v) is 17.3. The molecular weight excluding hydrogens is 448 g/mol. The van der Waals surface area contributed by atoms with Crippen LogP contribution in [0.15, 0.2) is 76.7 Å². The fraction of sp³-hybridized carbons (Fsp3) is 0.0476. The number of rotatable bonds is 4. The highest BCUT2D eigenvalue weighted by Crippen LogP contribution is 2.31. The summed E-state index contributed by atoms with van der Waals surface area (Å²) in [6.45, 7) is -0.696. The number of fused-ring (bicyclic) bond motifs is 1. The van der Waals surface area contributed by atoms with Crippen LogP contribution in [0.2, 0.25) is 5.02 Å². The molecule has 4 rings (SSSR count). The highest BCUT2D eigenvalue weighted by molar-refractivity contribution is 7.89. The Hall–Kier alpha value is -3.30. The van der Waals surface area contributed by atoms with Gasteiger partial charge in [-0.2, -0.15) is 17.9 Å². The molecule has 0 bridgehead atoms. The third-order valence-corrected chi connectivity index (χ3v) is 6.39. The van der Waals surface area contributed by atoms with Crippen molar-refractivity contribution in [3.63, 3.8) is 0 Å². The number of hydrazone groups is 1. The zero-order valence-electron chi connectivity index (χ0n) is 15.7. The zero-order chi connectivity index (χ0) is 22.2. The van der Waals surface area contributed by atoms with Crippen LogP contribution in [0, 0.1) is 11.6 Å². The first-order chi connectivity index (χ1) is 14.8. The smallest absolute Gasteiger partial charge is 0.280 e. The van der Waals surface area contributed by atoms with Gasteiger partial charge in [0.1, 0.15) is 23.9 Å². The number of nitrogens with zero attached hydrogens (tertiary/aromatic N) is 2. The summed E-state index contributed by atoms with van der Waals surface area (Å²) in [5, 5.41) is 6.74. The van der Waals surface area contributed by atoms with Gasteiger partial charge in [0.05, 0.1) is 4.90 Å². The van der Waals surface area contributed by atoms with Crippen LogP contribution in [0.5, 0.6) is 0 Å². The summed E-state index contributed by atoms with van der Waals surface area (Å²) in [7, 11) is -4.22. The van der Waals surface area contributed by atoms with Gasteiger partial charge in [-0.3, -0.25) is 4.79 Å². The molecule has 6 nitrogen and oxygen atoms in total. The molecule has 3 aromatic rings. The van der Waals surface area contributed by atoms with Crippen molar-refractivity contribution in [2.24, 2.45) is 5.10 Å². The molecule has 0 saturated heterocycles. The van der Waals surface area contributed by atoms with E-state index in [1.807, 2.05) is 0 Å². The summed E-state index contributed by atoms with van der Waals surface area (Å²) in [5.41, 5.74) is 0.352. The van der Waals surface area contributed by atoms with Gasteiger partial charge >= 0.3 is 0 Å². The molecule has 0 fully saturated rings. The van der Waals surface area contributed by atoms with E-state index in [-0.39, 0.29) is 32.4 Å². The summed E-state index contributed by atoms with van der Waals surface area (Å²) < 4.78 is 54.5. The Balaban J connectivity index is 1.75. The molecule has 0 aliphatic carbocycles. The Morgan fingerprint density at radius 3 is 2.52 bits per heavy atom. The van der Waals surface area contributed by atoms with Gasteiger partial charge in [0.15, 0.2) is 0 Å². The van der Waals surface area contributed by atoms with Crippen LogP contribution in [-0.4, -0.2) is 31.0 Å². The molecule has 0 aromatic heterocycles. The third kappa shape index (κ3) is 4.14. The largest absolute Gasteiger partial charge is 0.324 e. The Kier molecular flexibility index (Phi) is 5.47. The maximum atomic E-state index is 14.5. The quantitative estimate of drug-likeness (QED) is 0.637. The van der Waals surface area contributed by atoms with Crippen molar-refractivity contribution in [2.45, 2.75) is 4.90 Å². The lowest BCUT2D eigenvalue weighted by atomic mass is 10.0. The van der Waals surface area contributed by atoms with Crippen molar-refractivity contribution in [3.8, 4) is 0 Å². The molecule has 1 N–H and O–H groups in total. The van der Waals surface area contributed by atoms with Crippen LogP contribution >= 0.6 is 11.6 Å². The van der Waals surface area contributed by atoms with Crippen molar-refractivity contribution in [1.29, 1.82) is 0 Å².